The van der Waals surface area contributed by atoms with Crippen LogP contribution in [-0.2, 0) is 13.6 Å². The first kappa shape index (κ1) is 14.4. The minimum Gasteiger partial charge on any atom is -0.313 e. The molecule has 1 aromatic carbocycles. The van der Waals surface area contributed by atoms with Crippen LogP contribution in [0.15, 0.2) is 34.6 Å². The van der Waals surface area contributed by atoms with Crippen molar-refractivity contribution in [2.45, 2.75) is 29.9 Å². The minimum absolute atomic E-state index is 0.754. The van der Waals surface area contributed by atoms with Crippen LogP contribution in [0.4, 0.5) is 0 Å². The molecule has 0 spiro atoms. The summed E-state index contributed by atoms with van der Waals surface area (Å²) in [5.74, 6) is 0. The molecular formula is C13H17ClN4S. The molecule has 102 valence electrons. The van der Waals surface area contributed by atoms with Gasteiger partial charge in [-0.2, -0.15) is 5.10 Å². The van der Waals surface area contributed by atoms with Gasteiger partial charge < -0.3 is 5.32 Å². The Morgan fingerprint density at radius 1 is 1.42 bits per heavy atom. The highest BCUT2D eigenvalue weighted by molar-refractivity contribution is 7.99. The fourth-order valence-corrected chi connectivity index (χ4v) is 2.88. The average molecular weight is 297 g/mol. The van der Waals surface area contributed by atoms with Gasteiger partial charge in [0.1, 0.15) is 6.33 Å². The van der Waals surface area contributed by atoms with E-state index in [9.17, 15) is 0 Å². The third-order valence-corrected chi connectivity index (χ3v) is 4.32. The van der Waals surface area contributed by atoms with Crippen LogP contribution in [0, 0.1) is 0 Å². The van der Waals surface area contributed by atoms with Crippen molar-refractivity contribution in [3.05, 3.63) is 35.1 Å². The Morgan fingerprint density at radius 3 is 2.95 bits per heavy atom. The van der Waals surface area contributed by atoms with Gasteiger partial charge in [-0.15, -0.1) is 0 Å². The van der Waals surface area contributed by atoms with E-state index in [2.05, 4.69) is 28.4 Å². The molecule has 6 heteroatoms. The lowest BCUT2D eigenvalue weighted by Gasteiger charge is -2.11. The molecule has 0 fully saturated rings. The van der Waals surface area contributed by atoms with Gasteiger partial charge in [-0.25, -0.2) is 9.67 Å². The zero-order valence-corrected chi connectivity index (χ0v) is 12.6. The van der Waals surface area contributed by atoms with Gasteiger partial charge in [0.15, 0.2) is 5.16 Å². The summed E-state index contributed by atoms with van der Waals surface area (Å²) in [6, 6.07) is 5.98. The van der Waals surface area contributed by atoms with Gasteiger partial charge in [0.05, 0.1) is 5.02 Å². The predicted octanol–water partition coefficient (Wildman–Crippen LogP) is 3.12. The normalized spacial score (nSPS) is 10.9. The first-order valence-corrected chi connectivity index (χ1v) is 7.41. The van der Waals surface area contributed by atoms with Crippen LogP contribution in [0.2, 0.25) is 5.02 Å². The number of halogens is 1. The number of nitrogens with zero attached hydrogens (tertiary/aromatic N) is 3. The van der Waals surface area contributed by atoms with E-state index in [1.54, 1.807) is 22.8 Å². The molecule has 0 aliphatic heterocycles. The van der Waals surface area contributed by atoms with Crippen LogP contribution in [0.3, 0.4) is 0 Å². The Balaban J connectivity index is 2.20. The molecule has 19 heavy (non-hydrogen) atoms. The smallest absolute Gasteiger partial charge is 0.190 e. The molecule has 0 saturated carbocycles. The number of nitrogens with one attached hydrogen (secondary N) is 1. The average Bonchev–Trinajstić information content (AvgIpc) is 2.79. The maximum Gasteiger partial charge on any atom is 0.190 e. The lowest BCUT2D eigenvalue weighted by molar-refractivity contribution is 0.667. The van der Waals surface area contributed by atoms with Crippen molar-refractivity contribution in [3.63, 3.8) is 0 Å². The highest BCUT2D eigenvalue weighted by Gasteiger charge is 2.11. The number of aryl methyl sites for hydroxylation is 1. The largest absolute Gasteiger partial charge is 0.313 e. The summed E-state index contributed by atoms with van der Waals surface area (Å²) in [5.41, 5.74) is 1.19. The van der Waals surface area contributed by atoms with Crippen molar-refractivity contribution >= 4 is 23.4 Å². The van der Waals surface area contributed by atoms with Crippen LogP contribution in [-0.4, -0.2) is 21.3 Å². The van der Waals surface area contributed by atoms with Gasteiger partial charge in [-0.3, -0.25) is 0 Å². The fraction of sp³-hybridized carbons (Fsp3) is 0.385. The summed E-state index contributed by atoms with van der Waals surface area (Å²) >= 11 is 7.85. The molecule has 1 N–H and O–H groups in total. The van der Waals surface area contributed by atoms with Crippen molar-refractivity contribution in [1.29, 1.82) is 0 Å². The Morgan fingerprint density at radius 2 is 2.26 bits per heavy atom. The number of rotatable bonds is 6. The maximum atomic E-state index is 6.31. The number of aromatic nitrogens is 3. The van der Waals surface area contributed by atoms with Crippen LogP contribution < -0.4 is 5.32 Å². The second-order valence-electron chi connectivity index (χ2n) is 4.17. The third-order valence-electron chi connectivity index (χ3n) is 2.65. The van der Waals surface area contributed by atoms with Gasteiger partial charge in [0.25, 0.3) is 0 Å². The van der Waals surface area contributed by atoms with Gasteiger partial charge in [-0.1, -0.05) is 30.7 Å². The maximum absolute atomic E-state index is 6.31. The standard InChI is InChI=1S/C13H17ClN4S/c1-3-7-15-8-10-5-4-6-11(14)12(10)19-13-16-9-17-18(13)2/h4-6,9,15H,3,7-8H2,1-2H3. The van der Waals surface area contributed by atoms with E-state index in [1.165, 1.54) is 5.56 Å². The SMILES string of the molecule is CCCNCc1cccc(Cl)c1Sc1ncnn1C. The zero-order valence-electron chi connectivity index (χ0n) is 11.1. The number of hydrogen-bond acceptors (Lipinski definition) is 4. The first-order valence-electron chi connectivity index (χ1n) is 6.22. The summed E-state index contributed by atoms with van der Waals surface area (Å²) < 4.78 is 1.75. The Hall–Kier alpha value is -1.04. The van der Waals surface area contributed by atoms with Gasteiger partial charge in [0, 0.05) is 18.5 Å². The summed E-state index contributed by atoms with van der Waals surface area (Å²) in [5, 5.41) is 9.06. The van der Waals surface area contributed by atoms with E-state index in [0.29, 0.717) is 0 Å². The van der Waals surface area contributed by atoms with E-state index in [4.69, 9.17) is 11.6 Å². The lowest BCUT2D eigenvalue weighted by atomic mass is 10.2. The third kappa shape index (κ3) is 3.72. The molecule has 1 aromatic heterocycles. The molecule has 2 aromatic rings. The molecule has 0 aliphatic rings. The molecular weight excluding hydrogens is 280 g/mol. The molecule has 4 nitrogen and oxygen atoms in total. The van der Waals surface area contributed by atoms with E-state index in [1.807, 2.05) is 19.2 Å². The van der Waals surface area contributed by atoms with Crippen molar-refractivity contribution in [3.8, 4) is 0 Å². The Bertz CT molecular complexity index is 541. The van der Waals surface area contributed by atoms with Crippen molar-refractivity contribution in [2.75, 3.05) is 6.54 Å². The summed E-state index contributed by atoms with van der Waals surface area (Å²) in [7, 11) is 1.88. The fourth-order valence-electron chi connectivity index (χ4n) is 1.68. The number of benzene rings is 1. The molecule has 0 atom stereocenters. The predicted molar refractivity (Wildman–Crippen MR) is 78.6 cm³/mol. The zero-order chi connectivity index (χ0) is 13.7. The highest BCUT2D eigenvalue weighted by Crippen LogP contribution is 2.34. The van der Waals surface area contributed by atoms with Gasteiger partial charge in [-0.05, 0) is 36.4 Å². The molecule has 0 aliphatic carbocycles. The lowest BCUT2D eigenvalue weighted by Crippen LogP contribution is -2.14. The molecule has 2 rings (SSSR count). The van der Waals surface area contributed by atoms with E-state index in [-0.39, 0.29) is 0 Å². The summed E-state index contributed by atoms with van der Waals surface area (Å²) in [6.07, 6.45) is 2.67. The van der Waals surface area contributed by atoms with Crippen molar-refractivity contribution in [1.82, 2.24) is 20.1 Å². The van der Waals surface area contributed by atoms with E-state index >= 15 is 0 Å². The molecule has 0 radical (unpaired) electrons. The first-order chi connectivity index (χ1) is 9.22. The quantitative estimate of drug-likeness (QED) is 0.832. The molecule has 0 bridgehead atoms. The summed E-state index contributed by atoms with van der Waals surface area (Å²) in [6.45, 7) is 3.97. The molecule has 1 heterocycles. The second kappa shape index (κ2) is 6.93. The van der Waals surface area contributed by atoms with Gasteiger partial charge >= 0.3 is 0 Å². The number of hydrogen-bond donors (Lipinski definition) is 1. The van der Waals surface area contributed by atoms with E-state index < -0.39 is 0 Å². The molecule has 0 saturated heterocycles. The topological polar surface area (TPSA) is 42.7 Å². The Labute approximate surface area is 122 Å². The van der Waals surface area contributed by atoms with Crippen LogP contribution in [0.25, 0.3) is 0 Å². The Kier molecular flexibility index (Phi) is 5.24. The van der Waals surface area contributed by atoms with E-state index in [0.717, 1.165) is 34.6 Å². The molecule has 0 amide bonds. The highest BCUT2D eigenvalue weighted by atomic mass is 35.5. The second-order valence-corrected chi connectivity index (χ2v) is 5.56. The van der Waals surface area contributed by atoms with Crippen molar-refractivity contribution < 1.29 is 0 Å². The summed E-state index contributed by atoms with van der Waals surface area (Å²) in [4.78, 5) is 5.27. The minimum atomic E-state index is 0.754. The van der Waals surface area contributed by atoms with Crippen molar-refractivity contribution in [2.24, 2.45) is 7.05 Å². The monoisotopic (exact) mass is 296 g/mol. The van der Waals surface area contributed by atoms with Crippen LogP contribution >= 0.6 is 23.4 Å². The van der Waals surface area contributed by atoms with Crippen LogP contribution in [0.1, 0.15) is 18.9 Å². The van der Waals surface area contributed by atoms with Crippen LogP contribution in [0.5, 0.6) is 0 Å². The van der Waals surface area contributed by atoms with Gasteiger partial charge in [0.2, 0.25) is 0 Å². The molecule has 0 unspecified atom stereocenters.